The van der Waals surface area contributed by atoms with Crippen molar-refractivity contribution in [2.75, 3.05) is 0 Å². The number of carboxylic acid groups (broad SMARTS) is 1. The summed E-state index contributed by atoms with van der Waals surface area (Å²) in [6, 6.07) is 15.2. The predicted octanol–water partition coefficient (Wildman–Crippen LogP) is 2.41. The number of carbonyl (C=O) groups is 1. The maximum absolute atomic E-state index is 11.2. The molecule has 0 fully saturated rings. The maximum atomic E-state index is 11.2. The Kier molecular flexibility index (Phi) is 6.37. The van der Waals surface area contributed by atoms with Crippen LogP contribution in [-0.2, 0) is 6.42 Å². The molecule has 2 aromatic rings. The summed E-state index contributed by atoms with van der Waals surface area (Å²) in [4.78, 5) is 11.2. The molecule has 2 atom stereocenters. The Labute approximate surface area is 129 Å². The molecule has 0 saturated carbocycles. The number of hydrogen-bond acceptors (Lipinski definition) is 3. The summed E-state index contributed by atoms with van der Waals surface area (Å²) in [6.45, 7) is 0. The number of nitrogens with two attached hydrogens (primary N) is 1. The lowest BCUT2D eigenvalue weighted by Gasteiger charge is -2.20. The molecule has 0 radical (unpaired) electrons. The third-order valence-electron chi connectivity index (χ3n) is 3.25. The van der Waals surface area contributed by atoms with E-state index < -0.39 is 18.1 Å². The lowest BCUT2D eigenvalue weighted by molar-refractivity contribution is 0.0693. The molecular formula is C16H18ClNO3. The van der Waals surface area contributed by atoms with Gasteiger partial charge < -0.3 is 15.9 Å². The SMILES string of the molecule is Cl.N[C@@H](c1ccccc1C(=O)O)[C@H](O)Cc1ccccc1. The summed E-state index contributed by atoms with van der Waals surface area (Å²) in [5, 5.41) is 19.4. The van der Waals surface area contributed by atoms with E-state index in [-0.39, 0.29) is 18.0 Å². The van der Waals surface area contributed by atoms with Crippen molar-refractivity contribution in [1.29, 1.82) is 0 Å². The molecule has 0 aliphatic carbocycles. The molecule has 2 rings (SSSR count). The summed E-state index contributed by atoms with van der Waals surface area (Å²) >= 11 is 0. The lowest BCUT2D eigenvalue weighted by atomic mass is 9.93. The third-order valence-corrected chi connectivity index (χ3v) is 3.25. The zero-order valence-electron chi connectivity index (χ0n) is 11.3. The van der Waals surface area contributed by atoms with Gasteiger partial charge in [0.25, 0.3) is 0 Å². The fourth-order valence-electron chi connectivity index (χ4n) is 2.17. The minimum absolute atomic E-state index is 0. The van der Waals surface area contributed by atoms with Crippen molar-refractivity contribution in [3.05, 3.63) is 71.3 Å². The van der Waals surface area contributed by atoms with Crippen LogP contribution in [0.25, 0.3) is 0 Å². The summed E-state index contributed by atoms with van der Waals surface area (Å²) in [7, 11) is 0. The van der Waals surface area contributed by atoms with E-state index in [9.17, 15) is 9.90 Å². The lowest BCUT2D eigenvalue weighted by Crippen LogP contribution is -2.29. The highest BCUT2D eigenvalue weighted by Gasteiger charge is 2.22. The van der Waals surface area contributed by atoms with Gasteiger partial charge in [-0.1, -0.05) is 48.5 Å². The smallest absolute Gasteiger partial charge is 0.336 e. The molecule has 4 N–H and O–H groups in total. The van der Waals surface area contributed by atoms with Gasteiger partial charge in [-0.25, -0.2) is 4.79 Å². The van der Waals surface area contributed by atoms with Crippen molar-refractivity contribution >= 4 is 18.4 Å². The van der Waals surface area contributed by atoms with Crippen molar-refractivity contribution in [3.63, 3.8) is 0 Å². The number of hydrogen-bond donors (Lipinski definition) is 3. The molecule has 0 bridgehead atoms. The highest BCUT2D eigenvalue weighted by Crippen LogP contribution is 2.21. The average molecular weight is 308 g/mol. The molecule has 4 nitrogen and oxygen atoms in total. The molecule has 0 amide bonds. The minimum Gasteiger partial charge on any atom is -0.478 e. The Morgan fingerprint density at radius 1 is 1.05 bits per heavy atom. The van der Waals surface area contributed by atoms with E-state index in [1.54, 1.807) is 18.2 Å². The van der Waals surface area contributed by atoms with Gasteiger partial charge in [0.05, 0.1) is 17.7 Å². The van der Waals surface area contributed by atoms with E-state index in [1.807, 2.05) is 30.3 Å². The van der Waals surface area contributed by atoms with Gasteiger partial charge in [0, 0.05) is 6.42 Å². The highest BCUT2D eigenvalue weighted by molar-refractivity contribution is 5.89. The minimum atomic E-state index is -1.04. The van der Waals surface area contributed by atoms with Crippen LogP contribution in [0.4, 0.5) is 0 Å². The Morgan fingerprint density at radius 3 is 2.24 bits per heavy atom. The second-order valence-corrected chi connectivity index (χ2v) is 4.68. The molecular weight excluding hydrogens is 290 g/mol. The van der Waals surface area contributed by atoms with E-state index >= 15 is 0 Å². The number of aromatic carboxylic acids is 1. The fraction of sp³-hybridized carbons (Fsp3) is 0.188. The van der Waals surface area contributed by atoms with Crippen LogP contribution in [0.15, 0.2) is 54.6 Å². The van der Waals surface area contributed by atoms with Gasteiger partial charge in [-0.15, -0.1) is 12.4 Å². The van der Waals surface area contributed by atoms with Crippen molar-refractivity contribution in [3.8, 4) is 0 Å². The first-order valence-corrected chi connectivity index (χ1v) is 6.39. The Bertz CT molecular complexity index is 589. The van der Waals surface area contributed by atoms with Crippen molar-refractivity contribution < 1.29 is 15.0 Å². The van der Waals surface area contributed by atoms with Gasteiger partial charge in [-0.3, -0.25) is 0 Å². The number of benzene rings is 2. The molecule has 21 heavy (non-hydrogen) atoms. The van der Waals surface area contributed by atoms with E-state index in [0.717, 1.165) is 5.56 Å². The molecule has 0 unspecified atom stereocenters. The number of halogens is 1. The van der Waals surface area contributed by atoms with Gasteiger partial charge in [0.15, 0.2) is 0 Å². The van der Waals surface area contributed by atoms with Crippen LogP contribution in [0.3, 0.4) is 0 Å². The zero-order chi connectivity index (χ0) is 14.5. The first-order chi connectivity index (χ1) is 9.59. The fourth-order valence-corrected chi connectivity index (χ4v) is 2.17. The average Bonchev–Trinajstić information content (AvgIpc) is 2.47. The van der Waals surface area contributed by atoms with Crippen LogP contribution < -0.4 is 5.73 Å². The number of rotatable bonds is 5. The van der Waals surface area contributed by atoms with Gasteiger partial charge in [-0.05, 0) is 17.2 Å². The van der Waals surface area contributed by atoms with Crippen molar-refractivity contribution in [2.45, 2.75) is 18.6 Å². The molecule has 0 aliphatic heterocycles. The first kappa shape index (κ1) is 17.2. The van der Waals surface area contributed by atoms with Crippen LogP contribution >= 0.6 is 12.4 Å². The number of carboxylic acids is 1. The summed E-state index contributed by atoms with van der Waals surface area (Å²) < 4.78 is 0. The predicted molar refractivity (Wildman–Crippen MR) is 83.7 cm³/mol. The van der Waals surface area contributed by atoms with Gasteiger partial charge in [-0.2, -0.15) is 0 Å². The van der Waals surface area contributed by atoms with Gasteiger partial charge >= 0.3 is 5.97 Å². The standard InChI is InChI=1S/C16H17NO3.ClH/c17-15(12-8-4-5-9-13(12)16(19)20)14(18)10-11-6-2-1-3-7-11;/h1-9,14-15,18H,10,17H2,(H,19,20);1H/t14-,15+;/m1./s1. The second-order valence-electron chi connectivity index (χ2n) is 4.68. The normalized spacial score (nSPS) is 13.0. The largest absolute Gasteiger partial charge is 0.478 e. The van der Waals surface area contributed by atoms with E-state index in [0.29, 0.717) is 12.0 Å². The van der Waals surface area contributed by atoms with Gasteiger partial charge in [0.1, 0.15) is 0 Å². The summed E-state index contributed by atoms with van der Waals surface area (Å²) in [5.41, 5.74) is 7.55. The van der Waals surface area contributed by atoms with E-state index in [4.69, 9.17) is 10.8 Å². The third kappa shape index (κ3) is 4.29. The monoisotopic (exact) mass is 307 g/mol. The first-order valence-electron chi connectivity index (χ1n) is 6.39. The number of aliphatic hydroxyl groups excluding tert-OH is 1. The summed E-state index contributed by atoms with van der Waals surface area (Å²) in [5.74, 6) is -1.04. The van der Waals surface area contributed by atoms with Crippen LogP contribution in [0.1, 0.15) is 27.5 Å². The molecule has 0 spiro atoms. The van der Waals surface area contributed by atoms with Crippen molar-refractivity contribution in [1.82, 2.24) is 0 Å². The van der Waals surface area contributed by atoms with Crippen molar-refractivity contribution in [2.24, 2.45) is 5.73 Å². The van der Waals surface area contributed by atoms with Crippen LogP contribution in [0.2, 0.25) is 0 Å². The van der Waals surface area contributed by atoms with E-state index in [2.05, 4.69) is 0 Å². The topological polar surface area (TPSA) is 83.6 Å². The molecule has 112 valence electrons. The molecule has 0 aliphatic rings. The molecule has 0 aromatic heterocycles. The maximum Gasteiger partial charge on any atom is 0.336 e. The Balaban J connectivity index is 0.00000220. The Hall–Kier alpha value is -1.88. The zero-order valence-corrected chi connectivity index (χ0v) is 12.2. The molecule has 0 saturated heterocycles. The van der Waals surface area contributed by atoms with Crippen LogP contribution in [-0.4, -0.2) is 22.3 Å². The molecule has 5 heteroatoms. The van der Waals surface area contributed by atoms with Crippen LogP contribution in [0.5, 0.6) is 0 Å². The van der Waals surface area contributed by atoms with Crippen LogP contribution in [0, 0.1) is 0 Å². The second kappa shape index (κ2) is 7.78. The number of aliphatic hydroxyl groups is 1. The highest BCUT2D eigenvalue weighted by atomic mass is 35.5. The molecule has 0 heterocycles. The molecule has 2 aromatic carbocycles. The summed E-state index contributed by atoms with van der Waals surface area (Å²) in [6.07, 6.45) is -0.450. The van der Waals surface area contributed by atoms with Gasteiger partial charge in [0.2, 0.25) is 0 Å². The quantitative estimate of drug-likeness (QED) is 0.792. The Morgan fingerprint density at radius 2 is 1.62 bits per heavy atom. The van der Waals surface area contributed by atoms with E-state index in [1.165, 1.54) is 6.07 Å².